The highest BCUT2D eigenvalue weighted by Gasteiger charge is 2.31. The van der Waals surface area contributed by atoms with Crippen LogP contribution >= 0.6 is 11.6 Å². The Morgan fingerprint density at radius 3 is 2.53 bits per heavy atom. The highest BCUT2D eigenvalue weighted by Crippen LogP contribution is 2.29. The zero-order chi connectivity index (χ0) is 13.1. The van der Waals surface area contributed by atoms with E-state index in [1.807, 2.05) is 0 Å². The molecule has 0 aliphatic carbocycles. The van der Waals surface area contributed by atoms with Crippen LogP contribution in [0.1, 0.15) is 10.4 Å². The van der Waals surface area contributed by atoms with Crippen molar-refractivity contribution >= 4 is 17.4 Å². The Morgan fingerprint density at radius 1 is 1.41 bits per heavy atom. The first kappa shape index (κ1) is 13.6. The molecule has 3 nitrogen and oxygen atoms in total. The predicted molar refractivity (Wildman–Crippen MR) is 54.7 cm³/mol. The predicted octanol–water partition coefficient (Wildman–Crippen LogP) is 3.02. The number of Topliss-reactive ketones (excluding diaryl/α,β-unsaturated/α-hetero) is 1. The first-order chi connectivity index (χ1) is 7.87. The maximum Gasteiger partial charge on any atom is 0.573 e. The van der Waals surface area contributed by atoms with Crippen molar-refractivity contribution in [3.05, 3.63) is 23.8 Å². The second kappa shape index (κ2) is 5.27. The summed E-state index contributed by atoms with van der Waals surface area (Å²) in [7, 11) is 1.23. The number of hydrogen-bond acceptors (Lipinski definition) is 3. The van der Waals surface area contributed by atoms with Crippen molar-refractivity contribution in [1.29, 1.82) is 0 Å². The minimum atomic E-state index is -4.79. The van der Waals surface area contributed by atoms with E-state index in [2.05, 4.69) is 4.74 Å². The van der Waals surface area contributed by atoms with E-state index in [9.17, 15) is 18.0 Å². The second-order valence-corrected chi connectivity index (χ2v) is 3.23. The summed E-state index contributed by atoms with van der Waals surface area (Å²) in [4.78, 5) is 11.3. The summed E-state index contributed by atoms with van der Waals surface area (Å²) in [6.45, 7) is 0. The molecular formula is C10H8ClF3O3. The minimum Gasteiger partial charge on any atom is -0.496 e. The molecule has 17 heavy (non-hydrogen) atoms. The van der Waals surface area contributed by atoms with Gasteiger partial charge in [-0.3, -0.25) is 4.79 Å². The van der Waals surface area contributed by atoms with Crippen LogP contribution in [-0.4, -0.2) is 25.1 Å². The van der Waals surface area contributed by atoms with Crippen molar-refractivity contribution in [1.82, 2.24) is 0 Å². The summed E-state index contributed by atoms with van der Waals surface area (Å²) in [6, 6.07) is 3.17. The number of ether oxygens (including phenoxy) is 2. The molecular weight excluding hydrogens is 261 g/mol. The van der Waals surface area contributed by atoms with Crippen LogP contribution in [0, 0.1) is 0 Å². The second-order valence-electron chi connectivity index (χ2n) is 2.97. The molecule has 1 rings (SSSR count). The van der Waals surface area contributed by atoms with Gasteiger partial charge in [-0.25, -0.2) is 0 Å². The van der Waals surface area contributed by atoms with Crippen molar-refractivity contribution in [2.45, 2.75) is 6.36 Å². The number of carbonyl (C=O) groups is 1. The summed E-state index contributed by atoms with van der Waals surface area (Å²) in [5.41, 5.74) is 0.108. The number of halogens is 4. The minimum absolute atomic E-state index is 0.0163. The molecule has 1 aromatic carbocycles. The zero-order valence-electron chi connectivity index (χ0n) is 8.68. The Balaban J connectivity index is 3.04. The average molecular weight is 269 g/mol. The molecule has 0 fully saturated rings. The Hall–Kier alpha value is -1.43. The lowest BCUT2D eigenvalue weighted by atomic mass is 10.1. The topological polar surface area (TPSA) is 35.5 Å². The maximum absolute atomic E-state index is 12.0. The van der Waals surface area contributed by atoms with E-state index < -0.39 is 17.9 Å². The highest BCUT2D eigenvalue weighted by atomic mass is 35.5. The molecule has 0 saturated carbocycles. The van der Waals surface area contributed by atoms with Gasteiger partial charge in [0.1, 0.15) is 11.5 Å². The molecule has 0 atom stereocenters. The normalized spacial score (nSPS) is 11.1. The van der Waals surface area contributed by atoms with Gasteiger partial charge in [-0.1, -0.05) is 0 Å². The van der Waals surface area contributed by atoms with Crippen molar-refractivity contribution in [2.24, 2.45) is 0 Å². The first-order valence-corrected chi connectivity index (χ1v) is 4.94. The Kier molecular flexibility index (Phi) is 4.22. The number of carbonyl (C=O) groups excluding carboxylic acids is 1. The third kappa shape index (κ3) is 3.81. The first-order valence-electron chi connectivity index (χ1n) is 4.40. The molecule has 94 valence electrons. The van der Waals surface area contributed by atoms with Crippen LogP contribution in [0.25, 0.3) is 0 Å². The summed E-state index contributed by atoms with van der Waals surface area (Å²) in [5, 5.41) is 0. The van der Waals surface area contributed by atoms with Gasteiger partial charge < -0.3 is 9.47 Å². The van der Waals surface area contributed by atoms with E-state index in [1.165, 1.54) is 13.2 Å². The molecule has 0 aromatic heterocycles. The van der Waals surface area contributed by atoms with Gasteiger partial charge >= 0.3 is 6.36 Å². The SMILES string of the molecule is COc1cc(OC(F)(F)F)ccc1C(=O)CCl. The summed E-state index contributed by atoms with van der Waals surface area (Å²) >= 11 is 5.35. The van der Waals surface area contributed by atoms with E-state index in [1.54, 1.807) is 0 Å². The van der Waals surface area contributed by atoms with E-state index in [0.29, 0.717) is 0 Å². The number of hydrogen-bond donors (Lipinski definition) is 0. The Labute approximate surface area is 100 Å². The van der Waals surface area contributed by atoms with Gasteiger partial charge in [0.15, 0.2) is 5.78 Å². The van der Waals surface area contributed by atoms with Gasteiger partial charge in [-0.2, -0.15) is 0 Å². The van der Waals surface area contributed by atoms with Gasteiger partial charge in [0.25, 0.3) is 0 Å². The lowest BCUT2D eigenvalue weighted by molar-refractivity contribution is -0.274. The molecule has 0 saturated heterocycles. The fourth-order valence-corrected chi connectivity index (χ4v) is 1.31. The molecule has 0 spiro atoms. The van der Waals surface area contributed by atoms with Crippen LogP contribution in [0.5, 0.6) is 11.5 Å². The molecule has 0 N–H and O–H groups in total. The van der Waals surface area contributed by atoms with Crippen LogP contribution < -0.4 is 9.47 Å². The van der Waals surface area contributed by atoms with Gasteiger partial charge in [-0.05, 0) is 12.1 Å². The largest absolute Gasteiger partial charge is 0.573 e. The lowest BCUT2D eigenvalue weighted by Crippen LogP contribution is -2.17. The third-order valence-corrected chi connectivity index (χ3v) is 2.07. The summed E-state index contributed by atoms with van der Waals surface area (Å²) < 4.78 is 44.3. The Morgan fingerprint density at radius 2 is 2.06 bits per heavy atom. The quantitative estimate of drug-likeness (QED) is 0.622. The van der Waals surface area contributed by atoms with Crippen LogP contribution in [0.2, 0.25) is 0 Å². The van der Waals surface area contributed by atoms with Crippen LogP contribution in [0.3, 0.4) is 0 Å². The molecule has 0 unspecified atom stereocenters. The molecule has 1 aromatic rings. The molecule has 0 radical (unpaired) electrons. The van der Waals surface area contributed by atoms with E-state index >= 15 is 0 Å². The lowest BCUT2D eigenvalue weighted by Gasteiger charge is -2.11. The number of rotatable bonds is 4. The van der Waals surface area contributed by atoms with Crippen molar-refractivity contribution in [3.63, 3.8) is 0 Å². The molecule has 0 aliphatic heterocycles. The molecule has 7 heteroatoms. The molecule has 0 aliphatic rings. The van der Waals surface area contributed by atoms with Gasteiger partial charge in [0, 0.05) is 6.07 Å². The monoisotopic (exact) mass is 268 g/mol. The molecule has 0 amide bonds. The smallest absolute Gasteiger partial charge is 0.496 e. The highest BCUT2D eigenvalue weighted by molar-refractivity contribution is 6.30. The fraction of sp³-hybridized carbons (Fsp3) is 0.300. The zero-order valence-corrected chi connectivity index (χ0v) is 9.43. The van der Waals surface area contributed by atoms with Gasteiger partial charge in [0.2, 0.25) is 0 Å². The molecule has 0 heterocycles. The van der Waals surface area contributed by atoms with Crippen molar-refractivity contribution < 1.29 is 27.4 Å². The number of methoxy groups -OCH3 is 1. The number of ketones is 1. The van der Waals surface area contributed by atoms with Crippen LogP contribution in [0.4, 0.5) is 13.2 Å². The maximum atomic E-state index is 12.0. The van der Waals surface area contributed by atoms with Crippen LogP contribution in [0.15, 0.2) is 18.2 Å². The number of alkyl halides is 4. The van der Waals surface area contributed by atoms with Crippen molar-refractivity contribution in [2.75, 3.05) is 13.0 Å². The van der Waals surface area contributed by atoms with Crippen molar-refractivity contribution in [3.8, 4) is 11.5 Å². The van der Waals surface area contributed by atoms with Gasteiger partial charge in [-0.15, -0.1) is 24.8 Å². The Bertz CT molecular complexity index is 418. The summed E-state index contributed by atoms with van der Waals surface area (Å²) in [5.74, 6) is -1.20. The standard InChI is InChI=1S/C10H8ClF3O3/c1-16-9-4-6(17-10(12,13)14)2-3-7(9)8(15)5-11/h2-4H,5H2,1H3. The fourth-order valence-electron chi connectivity index (χ4n) is 1.17. The van der Waals surface area contributed by atoms with Crippen LogP contribution in [-0.2, 0) is 0 Å². The average Bonchev–Trinajstić information content (AvgIpc) is 2.25. The third-order valence-electron chi connectivity index (χ3n) is 1.83. The summed E-state index contributed by atoms with van der Waals surface area (Å²) in [6.07, 6.45) is -4.79. The van der Waals surface area contributed by atoms with E-state index in [4.69, 9.17) is 16.3 Å². The van der Waals surface area contributed by atoms with E-state index in [-0.39, 0.29) is 17.2 Å². The van der Waals surface area contributed by atoms with Gasteiger partial charge in [0.05, 0.1) is 18.6 Å². The number of benzene rings is 1. The molecule has 0 bridgehead atoms. The van der Waals surface area contributed by atoms with E-state index in [0.717, 1.165) is 12.1 Å².